The van der Waals surface area contributed by atoms with Gasteiger partial charge in [-0.1, -0.05) is 39.3 Å². The van der Waals surface area contributed by atoms with Gasteiger partial charge in [-0.05, 0) is 41.7 Å². The van der Waals surface area contributed by atoms with Crippen LogP contribution in [-0.4, -0.2) is 19.1 Å². The van der Waals surface area contributed by atoms with Crippen molar-refractivity contribution in [3.05, 3.63) is 29.3 Å². The third kappa shape index (κ3) is 2.23. The topological polar surface area (TPSA) is 38.3 Å². The first kappa shape index (κ1) is 14.4. The Bertz CT molecular complexity index is 564. The molecule has 0 amide bonds. The molecule has 1 aliphatic carbocycles. The summed E-state index contributed by atoms with van der Waals surface area (Å²) < 4.78 is 4.95. The van der Waals surface area contributed by atoms with Crippen LogP contribution in [0.4, 0.5) is 5.69 Å². The molecule has 1 aliphatic heterocycles. The fraction of sp³-hybridized carbons (Fsp3) is 0.611. The number of methoxy groups -OCH3 is 1. The van der Waals surface area contributed by atoms with Gasteiger partial charge >= 0.3 is 5.97 Å². The maximum absolute atomic E-state index is 12.1. The number of para-hydroxylation sites is 1. The zero-order valence-electron chi connectivity index (χ0n) is 13.4. The highest BCUT2D eigenvalue weighted by Gasteiger charge is 2.45. The lowest BCUT2D eigenvalue weighted by Crippen LogP contribution is -2.49. The minimum absolute atomic E-state index is 0.0927. The summed E-state index contributed by atoms with van der Waals surface area (Å²) >= 11 is 0. The van der Waals surface area contributed by atoms with Crippen LogP contribution in [0.3, 0.4) is 0 Å². The van der Waals surface area contributed by atoms with Crippen LogP contribution < -0.4 is 5.32 Å². The molecule has 21 heavy (non-hydrogen) atoms. The standard InChI is InChI=1S/C18H25NO2/c1-11-8-9-13-15(10-11)19-16-12(17(20)21-4)6-5-7-14(16)18(13,2)3/h5-7,11,13,15,19H,8-10H2,1-4H3/t11-,13-,15-/m1/s1. The van der Waals surface area contributed by atoms with Crippen molar-refractivity contribution in [2.75, 3.05) is 12.4 Å². The molecular weight excluding hydrogens is 262 g/mol. The molecule has 3 atom stereocenters. The van der Waals surface area contributed by atoms with Crippen molar-refractivity contribution in [2.45, 2.75) is 51.5 Å². The monoisotopic (exact) mass is 287 g/mol. The lowest BCUT2D eigenvalue weighted by molar-refractivity contribution is 0.0601. The van der Waals surface area contributed by atoms with E-state index in [1.165, 1.54) is 31.9 Å². The molecule has 0 unspecified atom stereocenters. The van der Waals surface area contributed by atoms with Gasteiger partial charge in [0.1, 0.15) is 0 Å². The van der Waals surface area contributed by atoms with Gasteiger partial charge in [-0.3, -0.25) is 0 Å². The highest BCUT2D eigenvalue weighted by molar-refractivity contribution is 5.97. The summed E-state index contributed by atoms with van der Waals surface area (Å²) in [6, 6.07) is 6.45. The van der Waals surface area contributed by atoms with Gasteiger partial charge in [0, 0.05) is 6.04 Å². The smallest absolute Gasteiger partial charge is 0.339 e. The third-order valence-corrected chi connectivity index (χ3v) is 5.53. The van der Waals surface area contributed by atoms with Gasteiger partial charge in [-0.2, -0.15) is 0 Å². The van der Waals surface area contributed by atoms with E-state index in [1.54, 1.807) is 0 Å². The molecule has 1 heterocycles. The first-order valence-corrected chi connectivity index (χ1v) is 7.93. The number of ether oxygens (including phenoxy) is 1. The summed E-state index contributed by atoms with van der Waals surface area (Å²) in [5.41, 5.74) is 3.00. The molecule has 1 aromatic carbocycles. The van der Waals surface area contributed by atoms with E-state index in [9.17, 15) is 4.79 Å². The molecule has 3 rings (SSSR count). The molecule has 2 aliphatic rings. The highest BCUT2D eigenvalue weighted by Crippen LogP contribution is 2.49. The van der Waals surface area contributed by atoms with Crippen molar-refractivity contribution >= 4 is 11.7 Å². The van der Waals surface area contributed by atoms with E-state index < -0.39 is 0 Å². The van der Waals surface area contributed by atoms with Crippen LogP contribution in [0.5, 0.6) is 0 Å². The van der Waals surface area contributed by atoms with Crippen LogP contribution in [-0.2, 0) is 10.2 Å². The van der Waals surface area contributed by atoms with E-state index in [4.69, 9.17) is 4.74 Å². The maximum Gasteiger partial charge on any atom is 0.339 e. The van der Waals surface area contributed by atoms with Crippen LogP contribution in [0.15, 0.2) is 18.2 Å². The molecule has 1 saturated carbocycles. The van der Waals surface area contributed by atoms with Crippen molar-refractivity contribution in [3.8, 4) is 0 Å². The van der Waals surface area contributed by atoms with Crippen LogP contribution >= 0.6 is 0 Å². The molecule has 1 N–H and O–H groups in total. The van der Waals surface area contributed by atoms with Gasteiger partial charge in [0.25, 0.3) is 0 Å². The van der Waals surface area contributed by atoms with Crippen molar-refractivity contribution in [1.82, 2.24) is 0 Å². The van der Waals surface area contributed by atoms with E-state index in [-0.39, 0.29) is 11.4 Å². The molecule has 0 bridgehead atoms. The Labute approximate surface area is 127 Å². The maximum atomic E-state index is 12.1. The number of carbonyl (C=O) groups is 1. The van der Waals surface area contributed by atoms with Crippen LogP contribution in [0.2, 0.25) is 0 Å². The lowest BCUT2D eigenvalue weighted by atomic mass is 9.61. The normalized spacial score (nSPS) is 29.8. The molecule has 0 spiro atoms. The summed E-state index contributed by atoms with van der Waals surface area (Å²) in [4.78, 5) is 12.1. The summed E-state index contributed by atoms with van der Waals surface area (Å²) in [6.45, 7) is 6.97. The molecule has 1 fully saturated rings. The molecule has 0 aromatic heterocycles. The van der Waals surface area contributed by atoms with Gasteiger partial charge in [0.05, 0.1) is 18.4 Å². The van der Waals surface area contributed by atoms with E-state index in [0.717, 1.165) is 11.6 Å². The largest absolute Gasteiger partial charge is 0.465 e. The van der Waals surface area contributed by atoms with Gasteiger partial charge in [-0.15, -0.1) is 0 Å². The van der Waals surface area contributed by atoms with E-state index in [0.29, 0.717) is 17.5 Å². The predicted octanol–water partition coefficient (Wildman–Crippen LogP) is 3.98. The third-order valence-electron chi connectivity index (χ3n) is 5.53. The van der Waals surface area contributed by atoms with Gasteiger partial charge in [0.2, 0.25) is 0 Å². The second-order valence-corrected chi connectivity index (χ2v) is 7.22. The Morgan fingerprint density at radius 1 is 1.33 bits per heavy atom. The first-order valence-electron chi connectivity index (χ1n) is 7.93. The van der Waals surface area contributed by atoms with Crippen molar-refractivity contribution in [3.63, 3.8) is 0 Å². The van der Waals surface area contributed by atoms with E-state index in [1.807, 2.05) is 12.1 Å². The second kappa shape index (κ2) is 5.04. The molecule has 0 saturated heterocycles. The fourth-order valence-electron chi connectivity index (χ4n) is 4.31. The predicted molar refractivity (Wildman–Crippen MR) is 84.7 cm³/mol. The van der Waals surface area contributed by atoms with Crippen molar-refractivity contribution in [2.24, 2.45) is 11.8 Å². The molecule has 114 valence electrons. The summed E-state index contributed by atoms with van der Waals surface area (Å²) in [5, 5.41) is 3.67. The number of rotatable bonds is 1. The first-order chi connectivity index (χ1) is 9.95. The van der Waals surface area contributed by atoms with Gasteiger partial charge in [0.15, 0.2) is 0 Å². The second-order valence-electron chi connectivity index (χ2n) is 7.22. The molecule has 0 radical (unpaired) electrons. The Balaban J connectivity index is 2.09. The van der Waals surface area contributed by atoms with Crippen molar-refractivity contribution < 1.29 is 9.53 Å². The Hall–Kier alpha value is -1.51. The van der Waals surface area contributed by atoms with Crippen LogP contribution in [0.25, 0.3) is 0 Å². The zero-order valence-corrected chi connectivity index (χ0v) is 13.4. The number of anilines is 1. The molecule has 3 heteroatoms. The molecule has 3 nitrogen and oxygen atoms in total. The number of fused-ring (bicyclic) bond motifs is 2. The number of esters is 1. The fourth-order valence-corrected chi connectivity index (χ4v) is 4.31. The average molecular weight is 287 g/mol. The lowest BCUT2D eigenvalue weighted by Gasteiger charge is -2.50. The van der Waals surface area contributed by atoms with Crippen molar-refractivity contribution in [1.29, 1.82) is 0 Å². The minimum Gasteiger partial charge on any atom is -0.465 e. The SMILES string of the molecule is COC(=O)c1cccc2c1N[C@@H]1C[C@H](C)CC[C@H]1C2(C)C. The number of benzene rings is 1. The van der Waals surface area contributed by atoms with Crippen LogP contribution in [0.1, 0.15) is 56.0 Å². The molecular formula is C18H25NO2. The highest BCUT2D eigenvalue weighted by atomic mass is 16.5. The van der Waals surface area contributed by atoms with E-state index >= 15 is 0 Å². The Morgan fingerprint density at radius 2 is 2.10 bits per heavy atom. The van der Waals surface area contributed by atoms with Gasteiger partial charge < -0.3 is 10.1 Å². The number of hydrogen-bond donors (Lipinski definition) is 1. The summed E-state index contributed by atoms with van der Waals surface area (Å²) in [6.07, 6.45) is 3.75. The van der Waals surface area contributed by atoms with Crippen LogP contribution in [0, 0.1) is 11.8 Å². The summed E-state index contributed by atoms with van der Waals surface area (Å²) in [5.74, 6) is 1.13. The molecule has 1 aromatic rings. The minimum atomic E-state index is -0.252. The quantitative estimate of drug-likeness (QED) is 0.794. The average Bonchev–Trinajstić information content (AvgIpc) is 2.45. The number of nitrogens with one attached hydrogen (secondary N) is 1. The van der Waals surface area contributed by atoms with E-state index in [2.05, 4.69) is 32.2 Å². The zero-order chi connectivity index (χ0) is 15.2. The number of carbonyl (C=O) groups excluding carboxylic acids is 1. The Morgan fingerprint density at radius 3 is 2.81 bits per heavy atom. The van der Waals surface area contributed by atoms with Gasteiger partial charge in [-0.25, -0.2) is 4.79 Å². The Kier molecular flexibility index (Phi) is 3.46. The number of hydrogen-bond acceptors (Lipinski definition) is 3. The summed E-state index contributed by atoms with van der Waals surface area (Å²) in [7, 11) is 1.45.